The molecule has 2 heterocycles. The molecule has 2 aliphatic heterocycles. The van der Waals surface area contributed by atoms with Crippen LogP contribution in [-0.4, -0.2) is 94.8 Å². The third-order valence-electron chi connectivity index (χ3n) is 3.05. The fourth-order valence-corrected chi connectivity index (χ4v) is 18.6. The van der Waals surface area contributed by atoms with E-state index in [4.69, 9.17) is 36.9 Å². The van der Waals surface area contributed by atoms with Crippen molar-refractivity contribution >= 4 is 74.6 Å². The number of carbonyl (C=O) groups excluding carboxylic acids is 1. The number of hydrogen-bond acceptors (Lipinski definition) is 8. The van der Waals surface area contributed by atoms with Crippen LogP contribution in [0.5, 0.6) is 0 Å². The molecule has 0 saturated carbocycles. The zero-order valence-electron chi connectivity index (χ0n) is 12.8. The van der Waals surface area contributed by atoms with Gasteiger partial charge in [-0.25, -0.2) is 0 Å². The first-order valence-electron chi connectivity index (χ1n) is 7.14. The topological polar surface area (TPSA) is 51.2 Å². The maximum absolute atomic E-state index is 11.4. The molecule has 130 valence electrons. The quantitative estimate of drug-likeness (QED) is 0.414. The Balaban J connectivity index is 1.88. The standard InChI is InChI=1S/2C5H9NOS2.C2H4O2.Sb/c2*8-5(9)6-1-3-7-4-2-6;1-2(3)4;/h2*1-4H2,(H,8,9);1H3,(H,3,4);/q;;;+3/p-3. The molecule has 2 saturated heterocycles. The summed E-state index contributed by atoms with van der Waals surface area (Å²) in [6, 6.07) is 0. The van der Waals surface area contributed by atoms with E-state index in [9.17, 15) is 4.79 Å². The molecular weight excluding hydrogens is 486 g/mol. The number of carbonyl (C=O) groups is 1. The van der Waals surface area contributed by atoms with Crippen LogP contribution in [0.1, 0.15) is 6.92 Å². The number of morpholine rings is 2. The van der Waals surface area contributed by atoms with Crippen LogP contribution in [-0.2, 0) is 17.3 Å². The van der Waals surface area contributed by atoms with E-state index in [1.54, 1.807) is 0 Å². The zero-order chi connectivity index (χ0) is 16.7. The predicted molar refractivity (Wildman–Crippen MR) is 103 cm³/mol. The molecule has 0 radical (unpaired) electrons. The molecule has 0 atom stereocenters. The fraction of sp³-hybridized carbons (Fsp3) is 0.750. The summed E-state index contributed by atoms with van der Waals surface area (Å²) in [5, 5.41) is 0. The van der Waals surface area contributed by atoms with Crippen molar-refractivity contribution in [1.29, 1.82) is 0 Å². The Bertz CT molecular complexity index is 413. The van der Waals surface area contributed by atoms with Crippen LogP contribution in [0.3, 0.4) is 0 Å². The first-order chi connectivity index (χ1) is 11.1. The van der Waals surface area contributed by atoms with E-state index in [1.165, 1.54) is 24.6 Å². The second kappa shape index (κ2) is 10.6. The van der Waals surface area contributed by atoms with Crippen LogP contribution >= 0.6 is 42.1 Å². The molecule has 2 fully saturated rings. The third-order valence-corrected chi connectivity index (χ3v) is 18.1. The molecular formula is C12H19N2O4S4Sb. The van der Waals surface area contributed by atoms with Crippen molar-refractivity contribution in [1.82, 2.24) is 9.80 Å². The first kappa shape index (κ1) is 20.0. The van der Waals surface area contributed by atoms with Crippen LogP contribution in [0.4, 0.5) is 0 Å². The molecule has 0 spiro atoms. The molecule has 0 aromatic heterocycles. The summed E-state index contributed by atoms with van der Waals surface area (Å²) < 4.78 is 17.8. The van der Waals surface area contributed by atoms with Crippen molar-refractivity contribution in [2.24, 2.45) is 0 Å². The van der Waals surface area contributed by atoms with E-state index < -0.39 is 17.8 Å². The van der Waals surface area contributed by atoms with Gasteiger partial charge in [-0.1, -0.05) is 0 Å². The van der Waals surface area contributed by atoms with Crippen LogP contribution < -0.4 is 0 Å². The summed E-state index contributed by atoms with van der Waals surface area (Å²) in [5.74, 6) is -0.262. The first-order valence-corrected chi connectivity index (χ1v) is 16.8. The summed E-state index contributed by atoms with van der Waals surface area (Å²) in [6.45, 7) is 7.34. The van der Waals surface area contributed by atoms with Crippen molar-refractivity contribution in [3.05, 3.63) is 0 Å². The summed E-state index contributed by atoms with van der Waals surface area (Å²) in [7, 11) is 3.06. The monoisotopic (exact) mass is 504 g/mol. The van der Waals surface area contributed by atoms with Crippen molar-refractivity contribution in [2.45, 2.75) is 6.92 Å². The second-order valence-corrected chi connectivity index (χ2v) is 18.1. The molecule has 0 aromatic rings. The van der Waals surface area contributed by atoms with Crippen molar-refractivity contribution in [2.75, 3.05) is 52.6 Å². The Hall–Kier alpha value is 0.688. The van der Waals surface area contributed by atoms with Gasteiger partial charge in [0.1, 0.15) is 0 Å². The molecule has 0 N–H and O–H groups in total. The average Bonchev–Trinajstić information content (AvgIpc) is 2.55. The molecule has 2 aliphatic rings. The minimum absolute atomic E-state index is 0.262. The van der Waals surface area contributed by atoms with E-state index in [2.05, 4.69) is 9.80 Å². The van der Waals surface area contributed by atoms with Gasteiger partial charge in [0, 0.05) is 0 Å². The number of nitrogens with zero attached hydrogens (tertiary/aromatic N) is 2. The van der Waals surface area contributed by atoms with Gasteiger partial charge >= 0.3 is 161 Å². The zero-order valence-corrected chi connectivity index (χ0v) is 18.6. The number of rotatable bonds is 3. The van der Waals surface area contributed by atoms with E-state index in [0.717, 1.165) is 34.8 Å². The van der Waals surface area contributed by atoms with Gasteiger partial charge in [0.05, 0.1) is 0 Å². The summed E-state index contributed by atoms with van der Waals surface area (Å²) in [5.41, 5.74) is 0. The number of thiocarbonyl (C=S) groups is 2. The van der Waals surface area contributed by atoms with Crippen LogP contribution in [0, 0.1) is 0 Å². The molecule has 2 rings (SSSR count). The van der Waals surface area contributed by atoms with Gasteiger partial charge in [-0.3, -0.25) is 0 Å². The Morgan fingerprint density at radius 2 is 1.35 bits per heavy atom. The summed E-state index contributed by atoms with van der Waals surface area (Å²) in [6.07, 6.45) is 0. The van der Waals surface area contributed by atoms with Gasteiger partial charge in [-0.05, 0) is 0 Å². The van der Waals surface area contributed by atoms with Crippen LogP contribution in [0.2, 0.25) is 0 Å². The molecule has 6 nitrogen and oxygen atoms in total. The van der Waals surface area contributed by atoms with Crippen molar-refractivity contribution < 1.29 is 17.3 Å². The molecule has 0 aromatic carbocycles. The predicted octanol–water partition coefficient (Wildman–Crippen LogP) is 1.24. The van der Waals surface area contributed by atoms with Gasteiger partial charge in [-0.2, -0.15) is 0 Å². The Labute approximate surface area is 160 Å². The number of ether oxygens (including phenoxy) is 2. The van der Waals surface area contributed by atoms with Gasteiger partial charge in [-0.15, -0.1) is 0 Å². The van der Waals surface area contributed by atoms with E-state index in [1.807, 2.05) is 0 Å². The Morgan fingerprint density at radius 1 is 0.957 bits per heavy atom. The van der Waals surface area contributed by atoms with Gasteiger partial charge in [0.2, 0.25) is 0 Å². The van der Waals surface area contributed by atoms with E-state index >= 15 is 0 Å². The SMILES string of the molecule is CC(=O)[O][Sb]([S]C(=S)N1CCOCC1)[S]C(=S)N1CCOCC1. The van der Waals surface area contributed by atoms with Gasteiger partial charge in [0.25, 0.3) is 0 Å². The molecule has 0 aliphatic carbocycles. The van der Waals surface area contributed by atoms with Crippen LogP contribution in [0.25, 0.3) is 0 Å². The average molecular weight is 505 g/mol. The molecule has 0 amide bonds. The minimum atomic E-state index is -2.51. The maximum atomic E-state index is 11.4. The summed E-state index contributed by atoms with van der Waals surface area (Å²) in [4.78, 5) is 15.6. The van der Waals surface area contributed by atoms with Crippen LogP contribution in [0.15, 0.2) is 0 Å². The third kappa shape index (κ3) is 7.21. The molecule has 0 unspecified atom stereocenters. The number of hydrogen-bond donors (Lipinski definition) is 0. The molecule has 23 heavy (non-hydrogen) atoms. The van der Waals surface area contributed by atoms with Gasteiger partial charge < -0.3 is 0 Å². The second-order valence-electron chi connectivity index (χ2n) is 4.72. The fourth-order valence-electron chi connectivity index (χ4n) is 1.90. The van der Waals surface area contributed by atoms with E-state index in [0.29, 0.717) is 26.4 Å². The molecule has 11 heteroatoms. The normalized spacial score (nSPS) is 18.9. The van der Waals surface area contributed by atoms with E-state index in [-0.39, 0.29) is 5.97 Å². The Morgan fingerprint density at radius 3 is 1.70 bits per heavy atom. The van der Waals surface area contributed by atoms with Crippen molar-refractivity contribution in [3.8, 4) is 0 Å². The van der Waals surface area contributed by atoms with Gasteiger partial charge in [0.15, 0.2) is 0 Å². The Kier molecular flexibility index (Phi) is 9.24. The summed E-state index contributed by atoms with van der Waals surface area (Å²) >= 11 is 8.51. The van der Waals surface area contributed by atoms with Crippen molar-refractivity contribution in [3.63, 3.8) is 0 Å². The molecule has 0 bridgehead atoms.